The van der Waals surface area contributed by atoms with Crippen LogP contribution in [0.3, 0.4) is 0 Å². The van der Waals surface area contributed by atoms with Crippen molar-refractivity contribution in [2.45, 2.75) is 90.1 Å². The van der Waals surface area contributed by atoms with Gasteiger partial charge in [-0.2, -0.15) is 4.98 Å². The van der Waals surface area contributed by atoms with Crippen molar-refractivity contribution in [2.75, 3.05) is 6.54 Å². The maximum atomic E-state index is 5.59. The van der Waals surface area contributed by atoms with Crippen molar-refractivity contribution in [2.24, 2.45) is 0 Å². The van der Waals surface area contributed by atoms with Gasteiger partial charge in [-0.15, -0.1) is 0 Å². The van der Waals surface area contributed by atoms with Crippen molar-refractivity contribution in [3.05, 3.63) is 36.4 Å². The van der Waals surface area contributed by atoms with Crippen LogP contribution in [-0.4, -0.2) is 21.3 Å². The molecule has 2 aromatic heterocycles. The van der Waals surface area contributed by atoms with Gasteiger partial charge in [-0.05, 0) is 31.9 Å². The first-order valence-corrected chi connectivity index (χ1v) is 12.0. The van der Waals surface area contributed by atoms with Gasteiger partial charge in [0, 0.05) is 29.2 Å². The second-order valence-corrected chi connectivity index (χ2v) is 8.69. The number of benzene rings is 1. The van der Waals surface area contributed by atoms with Crippen LogP contribution in [0.5, 0.6) is 0 Å². The number of para-hydroxylation sites is 1. The molecule has 5 nitrogen and oxygen atoms in total. The lowest BCUT2D eigenvalue weighted by Gasteiger charge is -2.05. The number of unbranched alkanes of at least 4 members (excludes halogenated alkanes) is 8. The molecule has 3 heterocycles. The second-order valence-electron chi connectivity index (χ2n) is 8.69. The Bertz CT molecular complexity index is 907. The second kappa shape index (κ2) is 10.8. The van der Waals surface area contributed by atoms with Crippen LogP contribution in [0.15, 0.2) is 35.0 Å². The molecule has 1 atom stereocenters. The number of nitrogens with zero attached hydrogens (tertiary/aromatic N) is 3. The van der Waals surface area contributed by atoms with Crippen LogP contribution >= 0.6 is 0 Å². The van der Waals surface area contributed by atoms with Gasteiger partial charge in [-0.1, -0.05) is 81.6 Å². The third-order valence-electron chi connectivity index (χ3n) is 6.33. The van der Waals surface area contributed by atoms with E-state index in [-0.39, 0.29) is 6.04 Å². The van der Waals surface area contributed by atoms with Gasteiger partial charge < -0.3 is 14.4 Å². The van der Waals surface area contributed by atoms with Crippen LogP contribution in [0.25, 0.3) is 22.3 Å². The number of aryl methyl sites for hydroxylation is 1. The smallest absolute Gasteiger partial charge is 0.244 e. The number of hydrogen-bond acceptors (Lipinski definition) is 4. The lowest BCUT2D eigenvalue weighted by molar-refractivity contribution is 0.345. The predicted octanol–water partition coefficient (Wildman–Crippen LogP) is 6.65. The Morgan fingerprint density at radius 2 is 1.80 bits per heavy atom. The zero-order valence-electron chi connectivity index (χ0n) is 18.4. The summed E-state index contributed by atoms with van der Waals surface area (Å²) in [7, 11) is 0. The third kappa shape index (κ3) is 5.12. The van der Waals surface area contributed by atoms with Crippen LogP contribution in [0.4, 0.5) is 0 Å². The molecule has 0 amide bonds. The number of hydrogen-bond donors (Lipinski definition) is 1. The Morgan fingerprint density at radius 3 is 2.57 bits per heavy atom. The summed E-state index contributed by atoms with van der Waals surface area (Å²) in [5.74, 6) is 1.43. The Morgan fingerprint density at radius 1 is 1.03 bits per heavy atom. The average molecular weight is 409 g/mol. The minimum Gasteiger partial charge on any atom is -0.347 e. The van der Waals surface area contributed by atoms with Crippen molar-refractivity contribution in [3.63, 3.8) is 0 Å². The van der Waals surface area contributed by atoms with E-state index in [1.165, 1.54) is 75.1 Å². The fraction of sp³-hybridized carbons (Fsp3) is 0.600. The van der Waals surface area contributed by atoms with Gasteiger partial charge in [0.25, 0.3) is 0 Å². The van der Waals surface area contributed by atoms with Crippen LogP contribution in [0.2, 0.25) is 0 Å². The number of nitrogens with one attached hydrogen (secondary N) is 1. The predicted molar refractivity (Wildman–Crippen MR) is 122 cm³/mol. The number of fused-ring (bicyclic) bond motifs is 1. The Balaban J connectivity index is 1.36. The van der Waals surface area contributed by atoms with Crippen molar-refractivity contribution in [1.29, 1.82) is 0 Å². The Hall–Kier alpha value is -2.14. The van der Waals surface area contributed by atoms with Crippen molar-refractivity contribution >= 4 is 10.9 Å². The standard InChI is InChI=1S/C25H36N4O/c1-2-3-4-5-6-7-8-9-12-18-29-19-21(20-14-10-11-16-23(20)29)24-27-25(30-28-24)22-15-13-17-26-22/h10-11,14,16,19,22,26H,2-9,12-13,15,17-18H2,1H3/t22-/m0/s1. The van der Waals surface area contributed by atoms with E-state index in [2.05, 4.69) is 52.4 Å². The molecule has 0 unspecified atom stereocenters. The molecule has 30 heavy (non-hydrogen) atoms. The van der Waals surface area contributed by atoms with Gasteiger partial charge in [-0.25, -0.2) is 0 Å². The highest BCUT2D eigenvalue weighted by Crippen LogP contribution is 2.31. The lowest BCUT2D eigenvalue weighted by atomic mass is 10.1. The fourth-order valence-corrected chi connectivity index (χ4v) is 4.58. The minimum atomic E-state index is 0.210. The molecule has 0 bridgehead atoms. The summed E-state index contributed by atoms with van der Waals surface area (Å²) in [5.41, 5.74) is 2.34. The molecule has 0 radical (unpaired) electrons. The monoisotopic (exact) mass is 408 g/mol. The summed E-state index contributed by atoms with van der Waals surface area (Å²) in [6.07, 6.45) is 16.6. The largest absolute Gasteiger partial charge is 0.347 e. The van der Waals surface area contributed by atoms with Crippen LogP contribution in [0, 0.1) is 0 Å². The molecule has 3 aromatic rings. The summed E-state index contributed by atoms with van der Waals surface area (Å²) >= 11 is 0. The van der Waals surface area contributed by atoms with E-state index in [9.17, 15) is 0 Å². The lowest BCUT2D eigenvalue weighted by Crippen LogP contribution is -2.12. The van der Waals surface area contributed by atoms with Crippen LogP contribution < -0.4 is 5.32 Å². The summed E-state index contributed by atoms with van der Waals surface area (Å²) < 4.78 is 7.96. The summed E-state index contributed by atoms with van der Waals surface area (Å²) in [6.45, 7) is 4.35. The molecular weight excluding hydrogens is 372 g/mol. The van der Waals surface area contributed by atoms with E-state index in [1.54, 1.807) is 0 Å². The van der Waals surface area contributed by atoms with Gasteiger partial charge in [0.05, 0.1) is 6.04 Å². The third-order valence-corrected chi connectivity index (χ3v) is 6.33. The molecule has 1 fully saturated rings. The number of aromatic nitrogens is 3. The molecule has 1 N–H and O–H groups in total. The van der Waals surface area contributed by atoms with Gasteiger partial charge in [0.15, 0.2) is 0 Å². The average Bonchev–Trinajstić information content (AvgIpc) is 3.52. The first-order chi connectivity index (χ1) is 14.9. The quantitative estimate of drug-likeness (QED) is 0.341. The number of rotatable bonds is 12. The zero-order valence-corrected chi connectivity index (χ0v) is 18.4. The van der Waals surface area contributed by atoms with E-state index >= 15 is 0 Å². The highest BCUT2D eigenvalue weighted by Gasteiger charge is 2.23. The van der Waals surface area contributed by atoms with Gasteiger partial charge in [0.1, 0.15) is 0 Å². The van der Waals surface area contributed by atoms with Crippen molar-refractivity contribution in [1.82, 2.24) is 20.0 Å². The van der Waals surface area contributed by atoms with Gasteiger partial charge in [-0.3, -0.25) is 0 Å². The van der Waals surface area contributed by atoms with E-state index in [1.807, 2.05) is 0 Å². The molecule has 162 valence electrons. The summed E-state index contributed by atoms with van der Waals surface area (Å²) in [6, 6.07) is 8.78. The van der Waals surface area contributed by atoms with E-state index in [4.69, 9.17) is 9.51 Å². The molecular formula is C25H36N4O. The molecule has 1 saturated heterocycles. The summed E-state index contributed by atoms with van der Waals surface area (Å²) in [4.78, 5) is 4.72. The SMILES string of the molecule is CCCCCCCCCCCn1cc(-c2noc([C@@H]3CCCN3)n2)c2ccccc21. The van der Waals surface area contributed by atoms with E-state index in [0.29, 0.717) is 5.82 Å². The normalized spacial score (nSPS) is 16.6. The Labute approximate surface area is 180 Å². The highest BCUT2D eigenvalue weighted by atomic mass is 16.5. The molecule has 0 spiro atoms. The topological polar surface area (TPSA) is 55.9 Å². The molecule has 4 rings (SSSR count). The van der Waals surface area contributed by atoms with Crippen LogP contribution in [0.1, 0.15) is 89.5 Å². The van der Waals surface area contributed by atoms with Gasteiger partial charge >= 0.3 is 0 Å². The molecule has 1 aliphatic rings. The van der Waals surface area contributed by atoms with Crippen LogP contribution in [-0.2, 0) is 6.54 Å². The first kappa shape index (κ1) is 21.1. The molecule has 0 saturated carbocycles. The maximum absolute atomic E-state index is 5.59. The highest BCUT2D eigenvalue weighted by molar-refractivity contribution is 5.94. The minimum absolute atomic E-state index is 0.210. The molecule has 0 aliphatic carbocycles. The van der Waals surface area contributed by atoms with Crippen molar-refractivity contribution in [3.8, 4) is 11.4 Å². The van der Waals surface area contributed by atoms with E-state index in [0.717, 1.165) is 31.0 Å². The molecule has 1 aliphatic heterocycles. The fourth-order valence-electron chi connectivity index (χ4n) is 4.58. The van der Waals surface area contributed by atoms with Crippen molar-refractivity contribution < 1.29 is 4.52 Å². The Kier molecular flexibility index (Phi) is 7.57. The molecule has 5 heteroatoms. The summed E-state index contributed by atoms with van der Waals surface area (Å²) in [5, 5.41) is 8.95. The maximum Gasteiger partial charge on any atom is 0.244 e. The zero-order chi connectivity index (χ0) is 20.6. The first-order valence-electron chi connectivity index (χ1n) is 12.0. The van der Waals surface area contributed by atoms with E-state index < -0.39 is 0 Å². The van der Waals surface area contributed by atoms with Gasteiger partial charge in [0.2, 0.25) is 11.7 Å². The molecule has 1 aromatic carbocycles.